The number of nitrogens with zero attached hydrogens (tertiary/aromatic N) is 1. The molecule has 1 aliphatic heterocycles. The SMILES string of the molecule is CN(C)CCCC(=O)OC1CCCCCCCCC=CCC(=O)OCCCCCCCCCCOC(=O)CC=CCCCCCCCC1. The lowest BCUT2D eigenvalue weighted by Gasteiger charge is -2.18. The zero-order chi connectivity index (χ0) is 34.8. The Labute approximate surface area is 295 Å². The molecule has 0 amide bonds. The molecule has 0 saturated carbocycles. The van der Waals surface area contributed by atoms with Gasteiger partial charge in [0.05, 0.1) is 26.1 Å². The minimum absolute atomic E-state index is 0.0417. The predicted molar refractivity (Wildman–Crippen MR) is 198 cm³/mol. The van der Waals surface area contributed by atoms with Crippen molar-refractivity contribution in [2.24, 2.45) is 0 Å². The monoisotopic (exact) mass is 676 g/mol. The molecule has 0 aromatic rings. The number of esters is 3. The Morgan fingerprint density at radius 1 is 0.604 bits per heavy atom. The molecule has 7 nitrogen and oxygen atoms in total. The molecule has 0 aromatic carbocycles. The first-order valence-corrected chi connectivity index (χ1v) is 19.9. The third-order valence-electron chi connectivity index (χ3n) is 9.05. The van der Waals surface area contributed by atoms with Crippen LogP contribution in [0.3, 0.4) is 0 Å². The highest BCUT2D eigenvalue weighted by atomic mass is 16.5. The average Bonchev–Trinajstić information content (AvgIpc) is 3.05. The van der Waals surface area contributed by atoms with E-state index in [9.17, 15) is 14.4 Å². The van der Waals surface area contributed by atoms with Crippen molar-refractivity contribution in [1.82, 2.24) is 4.90 Å². The first-order chi connectivity index (χ1) is 23.5. The molecule has 7 heteroatoms. The third-order valence-corrected chi connectivity index (χ3v) is 9.05. The summed E-state index contributed by atoms with van der Waals surface area (Å²) in [6, 6.07) is 0. The fraction of sp³-hybridized carbons (Fsp3) is 0.829. The summed E-state index contributed by atoms with van der Waals surface area (Å²) in [4.78, 5) is 38.6. The fourth-order valence-electron chi connectivity index (χ4n) is 6.08. The smallest absolute Gasteiger partial charge is 0.309 e. The van der Waals surface area contributed by atoms with Crippen molar-refractivity contribution < 1.29 is 28.6 Å². The predicted octanol–water partition coefficient (Wildman–Crippen LogP) is 10.6. The van der Waals surface area contributed by atoms with Gasteiger partial charge in [-0.1, -0.05) is 114 Å². The van der Waals surface area contributed by atoms with Crippen LogP contribution in [0.2, 0.25) is 0 Å². The van der Waals surface area contributed by atoms with E-state index in [0.29, 0.717) is 32.5 Å². The van der Waals surface area contributed by atoms with E-state index in [1.807, 2.05) is 26.2 Å². The van der Waals surface area contributed by atoms with Gasteiger partial charge in [-0.15, -0.1) is 0 Å². The number of carbonyl (C=O) groups is 3. The van der Waals surface area contributed by atoms with Crippen LogP contribution in [0, 0.1) is 0 Å². The van der Waals surface area contributed by atoms with Crippen molar-refractivity contribution in [1.29, 1.82) is 0 Å². The van der Waals surface area contributed by atoms with Crippen molar-refractivity contribution in [3.63, 3.8) is 0 Å². The van der Waals surface area contributed by atoms with Crippen LogP contribution in [0.15, 0.2) is 24.3 Å². The average molecular weight is 676 g/mol. The summed E-state index contributed by atoms with van der Waals surface area (Å²) in [5, 5.41) is 0. The number of rotatable bonds is 5. The van der Waals surface area contributed by atoms with Crippen LogP contribution in [0.1, 0.15) is 180 Å². The minimum atomic E-state index is -0.126. The van der Waals surface area contributed by atoms with Crippen molar-refractivity contribution in [2.45, 2.75) is 186 Å². The minimum Gasteiger partial charge on any atom is -0.465 e. The van der Waals surface area contributed by atoms with Crippen LogP contribution in [0.25, 0.3) is 0 Å². The second-order valence-electron chi connectivity index (χ2n) is 14.0. The second-order valence-corrected chi connectivity index (χ2v) is 14.0. The first-order valence-electron chi connectivity index (χ1n) is 19.9. The number of hydrogen-bond donors (Lipinski definition) is 0. The Morgan fingerprint density at radius 3 is 1.44 bits per heavy atom. The molecular weight excluding hydrogens is 602 g/mol. The molecular formula is C41H73NO6. The largest absolute Gasteiger partial charge is 0.465 e. The molecule has 0 unspecified atom stereocenters. The fourth-order valence-corrected chi connectivity index (χ4v) is 6.08. The molecule has 1 aliphatic rings. The second kappa shape index (κ2) is 33.4. The molecule has 1 heterocycles. The van der Waals surface area contributed by atoms with Crippen molar-refractivity contribution in [2.75, 3.05) is 33.9 Å². The summed E-state index contributed by atoms with van der Waals surface area (Å²) in [6.07, 6.45) is 37.3. The van der Waals surface area contributed by atoms with Gasteiger partial charge in [-0.3, -0.25) is 14.4 Å². The van der Waals surface area contributed by atoms with E-state index in [-0.39, 0.29) is 24.0 Å². The van der Waals surface area contributed by atoms with E-state index in [0.717, 1.165) is 90.0 Å². The lowest BCUT2D eigenvalue weighted by atomic mass is 10.0. The van der Waals surface area contributed by atoms with Crippen LogP contribution in [0.4, 0.5) is 0 Å². The summed E-state index contributed by atoms with van der Waals surface area (Å²) >= 11 is 0. The van der Waals surface area contributed by atoms with Crippen LogP contribution < -0.4 is 0 Å². The van der Waals surface area contributed by atoms with E-state index in [2.05, 4.69) is 17.1 Å². The Balaban J connectivity index is 2.42. The van der Waals surface area contributed by atoms with E-state index in [1.54, 1.807) is 0 Å². The van der Waals surface area contributed by atoms with E-state index in [1.165, 1.54) is 77.0 Å². The molecule has 0 atom stereocenters. The lowest BCUT2D eigenvalue weighted by Crippen LogP contribution is -2.20. The molecule has 1 rings (SSSR count). The maximum atomic E-state index is 12.5. The van der Waals surface area contributed by atoms with Gasteiger partial charge >= 0.3 is 17.9 Å². The van der Waals surface area contributed by atoms with Gasteiger partial charge in [0.25, 0.3) is 0 Å². The summed E-state index contributed by atoms with van der Waals surface area (Å²) < 4.78 is 16.7. The molecule has 0 aromatic heterocycles. The Morgan fingerprint density at radius 2 is 1.00 bits per heavy atom. The third kappa shape index (κ3) is 31.1. The summed E-state index contributed by atoms with van der Waals surface area (Å²) in [7, 11) is 4.07. The van der Waals surface area contributed by atoms with Gasteiger partial charge in [0.2, 0.25) is 0 Å². The highest BCUT2D eigenvalue weighted by Gasteiger charge is 2.14. The Bertz CT molecular complexity index is 785. The number of ether oxygens (including phenoxy) is 3. The van der Waals surface area contributed by atoms with Crippen molar-refractivity contribution >= 4 is 17.9 Å². The molecule has 0 N–H and O–H groups in total. The molecule has 0 fully saturated rings. The van der Waals surface area contributed by atoms with Crippen LogP contribution in [0.5, 0.6) is 0 Å². The number of carbonyl (C=O) groups excluding carboxylic acids is 3. The van der Waals surface area contributed by atoms with E-state index in [4.69, 9.17) is 14.2 Å². The topological polar surface area (TPSA) is 82.1 Å². The van der Waals surface area contributed by atoms with E-state index < -0.39 is 0 Å². The lowest BCUT2D eigenvalue weighted by molar-refractivity contribution is -0.150. The van der Waals surface area contributed by atoms with Crippen LogP contribution >= 0.6 is 0 Å². The van der Waals surface area contributed by atoms with Gasteiger partial charge in [-0.25, -0.2) is 0 Å². The van der Waals surface area contributed by atoms with Crippen molar-refractivity contribution in [3.05, 3.63) is 24.3 Å². The Hall–Kier alpha value is -2.15. The van der Waals surface area contributed by atoms with Gasteiger partial charge in [0.15, 0.2) is 0 Å². The molecule has 0 bridgehead atoms. The van der Waals surface area contributed by atoms with Gasteiger partial charge in [-0.2, -0.15) is 0 Å². The number of hydrogen-bond acceptors (Lipinski definition) is 7. The van der Waals surface area contributed by atoms with Gasteiger partial charge in [0, 0.05) is 6.42 Å². The van der Waals surface area contributed by atoms with Crippen molar-refractivity contribution in [3.8, 4) is 0 Å². The first kappa shape index (κ1) is 43.9. The highest BCUT2D eigenvalue weighted by molar-refractivity contribution is 5.71. The highest BCUT2D eigenvalue weighted by Crippen LogP contribution is 2.18. The quantitative estimate of drug-likeness (QED) is 0.163. The molecule has 0 radical (unpaired) electrons. The van der Waals surface area contributed by atoms with Crippen LogP contribution in [-0.4, -0.2) is 62.8 Å². The summed E-state index contributed by atoms with van der Waals surface area (Å²) in [5.74, 6) is -0.293. The summed E-state index contributed by atoms with van der Waals surface area (Å²) in [5.41, 5.74) is 0. The van der Waals surface area contributed by atoms with Gasteiger partial charge in [0.1, 0.15) is 6.10 Å². The molecule has 0 spiro atoms. The zero-order valence-corrected chi connectivity index (χ0v) is 31.2. The number of allylic oxidation sites excluding steroid dienone is 2. The maximum absolute atomic E-state index is 12.5. The molecule has 48 heavy (non-hydrogen) atoms. The Kier molecular flexibility index (Phi) is 30.5. The summed E-state index contributed by atoms with van der Waals surface area (Å²) in [6.45, 7) is 1.95. The zero-order valence-electron chi connectivity index (χ0n) is 31.2. The maximum Gasteiger partial charge on any atom is 0.309 e. The van der Waals surface area contributed by atoms with Gasteiger partial charge in [-0.05, 0) is 91.3 Å². The normalized spacial score (nSPS) is 21.9. The van der Waals surface area contributed by atoms with Crippen LogP contribution in [-0.2, 0) is 28.6 Å². The molecule has 0 aliphatic carbocycles. The number of cyclic esters (lactones) is 2. The standard InChI is InChI=1S/C41H73NO6/c1-42(2)35-29-34-41(45)48-38-30-23-17-11-5-3-7-13-19-25-32-39(43)46-36-27-21-15-9-10-16-22-28-37-47-40(44)33-26-20-14-8-4-6-12-18-24-31-38/h19-20,25-26,38H,3-18,21-24,27-37H2,1-2H3. The van der Waals surface area contributed by atoms with Gasteiger partial charge < -0.3 is 19.1 Å². The molecule has 278 valence electrons. The molecule has 0 saturated heterocycles. The van der Waals surface area contributed by atoms with E-state index >= 15 is 0 Å².